The van der Waals surface area contributed by atoms with E-state index in [1.807, 2.05) is 39.8 Å². The van der Waals surface area contributed by atoms with Crippen molar-refractivity contribution in [2.24, 2.45) is 0 Å². The van der Waals surface area contributed by atoms with Crippen molar-refractivity contribution in [3.8, 4) is 5.75 Å². The molecule has 2 amide bonds. The van der Waals surface area contributed by atoms with Gasteiger partial charge in [-0.05, 0) is 81.3 Å². The molecule has 0 aliphatic carbocycles. The van der Waals surface area contributed by atoms with Gasteiger partial charge in [0.15, 0.2) is 0 Å². The first-order valence-electron chi connectivity index (χ1n) is 12.9. The first kappa shape index (κ1) is 31.0. The highest BCUT2D eigenvalue weighted by atomic mass is 35.5. The molecule has 0 heterocycles. The number of nitrogens with zero attached hydrogens (tertiary/aromatic N) is 2. The SMILES string of the molecule is CC[C@@H](C(=O)NC(C)(C)C)N(Cc1ccc(OC)cc1)C(=O)CN(c1ccc(Cl)cc1)S(=O)(=O)c1ccccc1. The Morgan fingerprint density at radius 2 is 1.55 bits per heavy atom. The van der Waals surface area contributed by atoms with Gasteiger partial charge in [0.05, 0.1) is 17.7 Å². The zero-order valence-corrected chi connectivity index (χ0v) is 25.0. The lowest BCUT2D eigenvalue weighted by Gasteiger charge is -2.34. The highest BCUT2D eigenvalue weighted by molar-refractivity contribution is 7.92. The molecule has 0 saturated carbocycles. The minimum absolute atomic E-state index is 0.0389. The van der Waals surface area contributed by atoms with Crippen LogP contribution < -0.4 is 14.4 Å². The fourth-order valence-electron chi connectivity index (χ4n) is 4.16. The summed E-state index contributed by atoms with van der Waals surface area (Å²) < 4.78 is 33.9. The Balaban J connectivity index is 2.05. The van der Waals surface area contributed by atoms with Crippen molar-refractivity contribution in [3.63, 3.8) is 0 Å². The molecule has 1 N–H and O–H groups in total. The number of rotatable bonds is 11. The minimum Gasteiger partial charge on any atom is -0.497 e. The van der Waals surface area contributed by atoms with E-state index in [2.05, 4.69) is 5.32 Å². The number of methoxy groups -OCH3 is 1. The number of carbonyl (C=O) groups is 2. The third-order valence-corrected chi connectivity index (χ3v) is 8.16. The predicted octanol–water partition coefficient (Wildman–Crippen LogP) is 5.27. The topological polar surface area (TPSA) is 96.0 Å². The molecule has 10 heteroatoms. The number of ether oxygens (including phenoxy) is 1. The highest BCUT2D eigenvalue weighted by Gasteiger charge is 2.34. The quantitative estimate of drug-likeness (QED) is 0.331. The van der Waals surface area contributed by atoms with Crippen molar-refractivity contribution >= 4 is 39.1 Å². The van der Waals surface area contributed by atoms with Gasteiger partial charge in [-0.15, -0.1) is 0 Å². The van der Waals surface area contributed by atoms with Crippen molar-refractivity contribution in [1.82, 2.24) is 10.2 Å². The average Bonchev–Trinajstić information content (AvgIpc) is 2.92. The Morgan fingerprint density at radius 3 is 2.08 bits per heavy atom. The summed E-state index contributed by atoms with van der Waals surface area (Å²) in [7, 11) is -2.57. The highest BCUT2D eigenvalue weighted by Crippen LogP contribution is 2.26. The van der Waals surface area contributed by atoms with Gasteiger partial charge in [0, 0.05) is 17.1 Å². The first-order valence-corrected chi connectivity index (χ1v) is 14.8. The van der Waals surface area contributed by atoms with Gasteiger partial charge in [0.2, 0.25) is 11.8 Å². The molecule has 0 unspecified atom stereocenters. The van der Waals surface area contributed by atoms with Gasteiger partial charge in [-0.3, -0.25) is 13.9 Å². The number of sulfonamides is 1. The molecule has 0 bridgehead atoms. The Morgan fingerprint density at radius 1 is 0.950 bits per heavy atom. The molecule has 1 atom stereocenters. The summed E-state index contributed by atoms with van der Waals surface area (Å²) in [5, 5.41) is 3.39. The zero-order chi connectivity index (χ0) is 29.5. The van der Waals surface area contributed by atoms with Gasteiger partial charge < -0.3 is 15.0 Å². The molecule has 0 aromatic heterocycles. The maximum atomic E-state index is 14.1. The molecule has 3 aromatic carbocycles. The second-order valence-corrected chi connectivity index (χ2v) is 12.6. The van der Waals surface area contributed by atoms with E-state index < -0.39 is 34.1 Å². The molecule has 0 spiro atoms. The van der Waals surface area contributed by atoms with E-state index in [4.69, 9.17) is 16.3 Å². The van der Waals surface area contributed by atoms with Crippen LogP contribution in [-0.4, -0.2) is 50.4 Å². The fourth-order valence-corrected chi connectivity index (χ4v) is 5.72. The van der Waals surface area contributed by atoms with Crippen LogP contribution in [0.15, 0.2) is 83.8 Å². The van der Waals surface area contributed by atoms with Crippen LogP contribution in [-0.2, 0) is 26.2 Å². The number of halogens is 1. The summed E-state index contributed by atoms with van der Waals surface area (Å²) in [6, 6.07) is 20.5. The van der Waals surface area contributed by atoms with Crippen molar-refractivity contribution in [2.45, 2.75) is 57.1 Å². The fraction of sp³-hybridized carbons (Fsp3) is 0.333. The number of nitrogens with one attached hydrogen (secondary N) is 1. The van der Waals surface area contributed by atoms with Crippen LogP contribution in [0.3, 0.4) is 0 Å². The predicted molar refractivity (Wildman–Crippen MR) is 158 cm³/mol. The third kappa shape index (κ3) is 7.99. The van der Waals surface area contributed by atoms with Crippen LogP contribution in [0.1, 0.15) is 39.7 Å². The van der Waals surface area contributed by atoms with Crippen LogP contribution in [0.5, 0.6) is 5.75 Å². The van der Waals surface area contributed by atoms with E-state index in [9.17, 15) is 18.0 Å². The second kappa shape index (κ2) is 13.2. The molecule has 214 valence electrons. The first-order chi connectivity index (χ1) is 18.9. The summed E-state index contributed by atoms with van der Waals surface area (Å²) >= 11 is 6.07. The van der Waals surface area contributed by atoms with Crippen LogP contribution in [0.4, 0.5) is 5.69 Å². The molecule has 0 fully saturated rings. The number of hydrogen-bond donors (Lipinski definition) is 1. The molecule has 3 aromatic rings. The van der Waals surface area contributed by atoms with Crippen LogP contribution in [0.25, 0.3) is 0 Å². The molecule has 0 aliphatic rings. The lowest BCUT2D eigenvalue weighted by molar-refractivity contribution is -0.141. The smallest absolute Gasteiger partial charge is 0.264 e. The van der Waals surface area contributed by atoms with Crippen molar-refractivity contribution in [2.75, 3.05) is 18.0 Å². The number of benzene rings is 3. The second-order valence-electron chi connectivity index (χ2n) is 10.3. The summed E-state index contributed by atoms with van der Waals surface area (Å²) in [5.41, 5.74) is 0.518. The Kier molecular flexibility index (Phi) is 10.2. The molecule has 8 nitrogen and oxygen atoms in total. The van der Waals surface area contributed by atoms with Gasteiger partial charge in [-0.25, -0.2) is 8.42 Å². The molecule has 40 heavy (non-hydrogen) atoms. The van der Waals surface area contributed by atoms with Gasteiger partial charge >= 0.3 is 0 Å². The average molecular weight is 586 g/mol. The van der Waals surface area contributed by atoms with E-state index in [1.165, 1.54) is 17.0 Å². The lowest BCUT2D eigenvalue weighted by atomic mass is 10.1. The molecule has 0 radical (unpaired) electrons. The van der Waals surface area contributed by atoms with Crippen molar-refractivity contribution in [1.29, 1.82) is 0 Å². The van der Waals surface area contributed by atoms with E-state index >= 15 is 0 Å². The maximum Gasteiger partial charge on any atom is 0.264 e. The largest absolute Gasteiger partial charge is 0.497 e. The molecule has 0 saturated heterocycles. The Bertz CT molecular complexity index is 1390. The van der Waals surface area contributed by atoms with E-state index in [1.54, 1.807) is 61.7 Å². The number of carbonyl (C=O) groups excluding carboxylic acids is 2. The zero-order valence-electron chi connectivity index (χ0n) is 23.4. The molecule has 3 rings (SSSR count). The van der Waals surface area contributed by atoms with Gasteiger partial charge in [-0.2, -0.15) is 0 Å². The van der Waals surface area contributed by atoms with Crippen LogP contribution in [0.2, 0.25) is 5.02 Å². The summed E-state index contributed by atoms with van der Waals surface area (Å²) in [4.78, 5) is 28.9. The van der Waals surface area contributed by atoms with Gasteiger partial charge in [0.1, 0.15) is 18.3 Å². The molecule has 0 aliphatic heterocycles. The van der Waals surface area contributed by atoms with Crippen LogP contribution in [0, 0.1) is 0 Å². The van der Waals surface area contributed by atoms with E-state index in [0.29, 0.717) is 17.2 Å². The summed E-state index contributed by atoms with van der Waals surface area (Å²) in [6.07, 6.45) is 0.330. The Labute approximate surface area is 241 Å². The number of anilines is 1. The minimum atomic E-state index is -4.13. The van der Waals surface area contributed by atoms with Gasteiger partial charge in [0.25, 0.3) is 10.0 Å². The van der Waals surface area contributed by atoms with Crippen molar-refractivity contribution in [3.05, 3.63) is 89.4 Å². The van der Waals surface area contributed by atoms with Gasteiger partial charge in [-0.1, -0.05) is 48.9 Å². The maximum absolute atomic E-state index is 14.1. The molecular weight excluding hydrogens is 550 g/mol. The van der Waals surface area contributed by atoms with Crippen molar-refractivity contribution < 1.29 is 22.7 Å². The van der Waals surface area contributed by atoms with E-state index in [-0.39, 0.29) is 23.0 Å². The van der Waals surface area contributed by atoms with E-state index in [0.717, 1.165) is 9.87 Å². The molecular formula is C30H36ClN3O5S. The Hall–Kier alpha value is -3.56. The van der Waals surface area contributed by atoms with Crippen LogP contribution >= 0.6 is 11.6 Å². The monoisotopic (exact) mass is 585 g/mol. The number of hydrogen-bond acceptors (Lipinski definition) is 5. The third-order valence-electron chi connectivity index (χ3n) is 6.12. The standard InChI is InChI=1S/C30H36ClN3O5S/c1-6-27(29(36)32-30(2,3)4)33(20-22-12-18-25(39-5)19-13-22)28(35)21-34(24-16-14-23(31)15-17-24)40(37,38)26-10-8-7-9-11-26/h7-19,27H,6,20-21H2,1-5H3,(H,32,36)/t27-/m0/s1. The lowest BCUT2D eigenvalue weighted by Crippen LogP contribution is -2.55. The summed E-state index contributed by atoms with van der Waals surface area (Å²) in [6.45, 7) is 6.98. The summed E-state index contributed by atoms with van der Waals surface area (Å²) in [5.74, 6) is -0.191. The number of amides is 2. The normalized spacial score (nSPS) is 12.3.